The normalized spacial score (nSPS) is 51.5. The monoisotopic (exact) mass is 406 g/mol. The van der Waals surface area contributed by atoms with Crippen LogP contribution in [0.5, 0.6) is 0 Å². The highest BCUT2D eigenvalue weighted by Gasteiger charge is 2.70. The largest absolute Gasteiger partial charge is 0.463 e. The zero-order chi connectivity index (χ0) is 21.2. The highest BCUT2D eigenvalue weighted by Crippen LogP contribution is 2.70. The number of fused-ring (bicyclic) bond motifs is 5. The lowest BCUT2D eigenvalue weighted by atomic mass is 9.44. The van der Waals surface area contributed by atoms with E-state index in [1.54, 1.807) is 6.92 Å². The Morgan fingerprint density at radius 1 is 0.966 bits per heavy atom. The molecular formula is C24H38O5. The van der Waals surface area contributed by atoms with Gasteiger partial charge in [0.25, 0.3) is 0 Å². The number of ketones is 1. The Hall–Kier alpha value is -0.940. The zero-order valence-electron chi connectivity index (χ0n) is 18.7. The summed E-state index contributed by atoms with van der Waals surface area (Å²) in [5, 5.41) is 9.93. The van der Waals surface area contributed by atoms with Gasteiger partial charge in [0.2, 0.25) is 0 Å². The van der Waals surface area contributed by atoms with Gasteiger partial charge in [-0.2, -0.15) is 0 Å². The lowest BCUT2D eigenvalue weighted by molar-refractivity contribution is -0.348. The van der Waals surface area contributed by atoms with Crippen LogP contribution in [0.1, 0.15) is 86.0 Å². The molecular weight excluding hydrogens is 368 g/mol. The average Bonchev–Trinajstić information content (AvgIpc) is 2.88. The van der Waals surface area contributed by atoms with Crippen molar-refractivity contribution in [1.82, 2.24) is 0 Å². The van der Waals surface area contributed by atoms with Gasteiger partial charge in [0.15, 0.2) is 11.4 Å². The summed E-state index contributed by atoms with van der Waals surface area (Å²) in [4.78, 5) is 29.3. The topological polar surface area (TPSA) is 72.8 Å². The molecule has 4 rings (SSSR count). The van der Waals surface area contributed by atoms with Crippen molar-refractivity contribution in [3.8, 4) is 0 Å². The van der Waals surface area contributed by atoms with E-state index < -0.39 is 5.60 Å². The Balaban J connectivity index is 1.60. The van der Waals surface area contributed by atoms with Crippen molar-refractivity contribution in [3.63, 3.8) is 0 Å². The Morgan fingerprint density at radius 2 is 1.69 bits per heavy atom. The molecule has 4 fully saturated rings. The summed E-state index contributed by atoms with van der Waals surface area (Å²) in [5.74, 6) is 2.09. The lowest BCUT2D eigenvalue weighted by Crippen LogP contribution is -2.60. The first-order chi connectivity index (χ1) is 13.6. The smallest absolute Gasteiger partial charge is 0.302 e. The molecule has 0 spiro atoms. The zero-order valence-corrected chi connectivity index (χ0v) is 18.7. The third-order valence-corrected chi connectivity index (χ3v) is 10.2. The van der Waals surface area contributed by atoms with Crippen LogP contribution in [0.2, 0.25) is 0 Å². The molecule has 4 saturated carbocycles. The fraction of sp³-hybridized carbons (Fsp3) is 0.917. The third kappa shape index (κ3) is 2.79. The van der Waals surface area contributed by atoms with Gasteiger partial charge in [-0.3, -0.25) is 14.8 Å². The van der Waals surface area contributed by atoms with E-state index in [4.69, 9.17) is 9.62 Å². The van der Waals surface area contributed by atoms with Crippen LogP contribution < -0.4 is 0 Å². The molecule has 9 unspecified atom stereocenters. The van der Waals surface area contributed by atoms with Crippen LogP contribution in [0, 0.1) is 40.4 Å². The van der Waals surface area contributed by atoms with Crippen LogP contribution in [-0.2, 0) is 19.2 Å². The standard InChI is InChI=1S/C24H38O5/c1-14-12-21-19-7-6-17-13-18(28-16(3)26)8-10-22(17,4)20(19)9-11-23(21,5)24(14,29-27)15(2)25/h14,17-21,27H,6-13H2,1-5H3. The highest BCUT2D eigenvalue weighted by molar-refractivity contribution is 5.87. The number of hydrogen-bond acceptors (Lipinski definition) is 5. The molecule has 0 radical (unpaired) electrons. The van der Waals surface area contributed by atoms with E-state index in [0.29, 0.717) is 23.7 Å². The molecule has 0 aromatic heterocycles. The van der Waals surface area contributed by atoms with Gasteiger partial charge >= 0.3 is 5.97 Å². The number of carbonyl (C=O) groups is 2. The molecule has 0 aromatic carbocycles. The summed E-state index contributed by atoms with van der Waals surface area (Å²) in [6.45, 7) is 9.84. The SMILES string of the molecule is CC(=O)OC1CCC2(C)C(CCC3C2CCC2(C)C3CC(C)C2(OO)C(C)=O)C1. The molecule has 5 heteroatoms. The van der Waals surface area contributed by atoms with E-state index in [1.807, 2.05) is 0 Å². The molecule has 4 aliphatic carbocycles. The van der Waals surface area contributed by atoms with Gasteiger partial charge < -0.3 is 4.74 Å². The van der Waals surface area contributed by atoms with Gasteiger partial charge in [-0.1, -0.05) is 20.8 Å². The molecule has 1 N–H and O–H groups in total. The molecule has 0 heterocycles. The van der Waals surface area contributed by atoms with E-state index in [9.17, 15) is 14.8 Å². The number of ether oxygens (including phenoxy) is 1. The second kappa shape index (κ2) is 7.05. The third-order valence-electron chi connectivity index (χ3n) is 10.2. The molecule has 0 saturated heterocycles. The summed E-state index contributed by atoms with van der Waals surface area (Å²) in [6.07, 6.45) is 8.47. The van der Waals surface area contributed by atoms with Crippen LogP contribution >= 0.6 is 0 Å². The van der Waals surface area contributed by atoms with Gasteiger partial charge in [-0.05, 0) is 93.3 Å². The van der Waals surface area contributed by atoms with Crippen molar-refractivity contribution in [2.24, 2.45) is 40.4 Å². The molecule has 0 aliphatic heterocycles. The van der Waals surface area contributed by atoms with Gasteiger partial charge in [-0.15, -0.1) is 0 Å². The first kappa shape index (κ1) is 21.3. The van der Waals surface area contributed by atoms with E-state index in [1.165, 1.54) is 19.8 Å². The summed E-state index contributed by atoms with van der Waals surface area (Å²) >= 11 is 0. The van der Waals surface area contributed by atoms with Gasteiger partial charge in [0.05, 0.1) is 0 Å². The van der Waals surface area contributed by atoms with Crippen molar-refractivity contribution in [1.29, 1.82) is 0 Å². The minimum Gasteiger partial charge on any atom is -0.463 e. The van der Waals surface area contributed by atoms with Crippen molar-refractivity contribution < 1.29 is 24.5 Å². The van der Waals surface area contributed by atoms with Crippen LogP contribution in [0.4, 0.5) is 0 Å². The quantitative estimate of drug-likeness (QED) is 0.404. The minimum absolute atomic E-state index is 0.0299. The predicted octanol–water partition coefficient (Wildman–Crippen LogP) is 5.02. The van der Waals surface area contributed by atoms with Gasteiger partial charge in [0, 0.05) is 12.3 Å². The van der Waals surface area contributed by atoms with Crippen LogP contribution in [0.3, 0.4) is 0 Å². The van der Waals surface area contributed by atoms with Crippen molar-refractivity contribution in [2.75, 3.05) is 0 Å². The fourth-order valence-electron chi connectivity index (χ4n) is 8.89. The number of carbonyl (C=O) groups excluding carboxylic acids is 2. The molecule has 5 nitrogen and oxygen atoms in total. The van der Waals surface area contributed by atoms with E-state index in [2.05, 4.69) is 20.8 Å². The van der Waals surface area contributed by atoms with E-state index in [-0.39, 0.29) is 34.6 Å². The number of esters is 1. The number of Topliss-reactive ketones (excluding diaryl/α,β-unsaturated/α-hetero) is 1. The predicted molar refractivity (Wildman–Crippen MR) is 109 cm³/mol. The van der Waals surface area contributed by atoms with Crippen LogP contribution in [-0.4, -0.2) is 28.7 Å². The Kier molecular flexibility index (Phi) is 5.18. The number of hydrogen-bond donors (Lipinski definition) is 1. The molecule has 4 aliphatic rings. The van der Waals surface area contributed by atoms with Crippen molar-refractivity contribution in [3.05, 3.63) is 0 Å². The fourth-order valence-corrected chi connectivity index (χ4v) is 8.89. The van der Waals surface area contributed by atoms with E-state index in [0.717, 1.165) is 38.5 Å². The lowest BCUT2D eigenvalue weighted by Gasteiger charge is -2.61. The summed E-state index contributed by atoms with van der Waals surface area (Å²) in [7, 11) is 0. The second-order valence-electron chi connectivity index (χ2n) is 11.1. The Morgan fingerprint density at radius 3 is 2.31 bits per heavy atom. The highest BCUT2D eigenvalue weighted by atomic mass is 17.1. The second-order valence-corrected chi connectivity index (χ2v) is 11.1. The molecule has 164 valence electrons. The summed E-state index contributed by atoms with van der Waals surface area (Å²) in [6, 6.07) is 0. The Labute approximate surface area is 174 Å². The summed E-state index contributed by atoms with van der Waals surface area (Å²) < 4.78 is 5.57. The summed E-state index contributed by atoms with van der Waals surface area (Å²) in [5.41, 5.74) is -1.08. The van der Waals surface area contributed by atoms with E-state index >= 15 is 0 Å². The number of rotatable bonds is 3. The maximum Gasteiger partial charge on any atom is 0.302 e. The van der Waals surface area contributed by atoms with Crippen molar-refractivity contribution in [2.45, 2.75) is 97.7 Å². The maximum absolute atomic E-state index is 12.7. The molecule has 9 atom stereocenters. The van der Waals surface area contributed by atoms with Crippen LogP contribution in [0.15, 0.2) is 0 Å². The van der Waals surface area contributed by atoms with Gasteiger partial charge in [0.1, 0.15) is 6.10 Å². The maximum atomic E-state index is 12.7. The average molecular weight is 407 g/mol. The molecule has 0 amide bonds. The van der Waals surface area contributed by atoms with Crippen LogP contribution in [0.25, 0.3) is 0 Å². The first-order valence-electron chi connectivity index (χ1n) is 11.6. The Bertz CT molecular complexity index is 691. The minimum atomic E-state index is -1.06. The molecule has 29 heavy (non-hydrogen) atoms. The van der Waals surface area contributed by atoms with Gasteiger partial charge in [-0.25, -0.2) is 4.89 Å². The van der Waals surface area contributed by atoms with Crippen molar-refractivity contribution >= 4 is 11.8 Å². The first-order valence-corrected chi connectivity index (χ1v) is 11.6. The molecule has 0 aromatic rings. The molecule has 0 bridgehead atoms.